The molecule has 4 aromatic carbocycles. The average Bonchev–Trinajstić information content (AvgIpc) is 3.44. The van der Waals surface area contributed by atoms with Gasteiger partial charge in [-0.2, -0.15) is 13.2 Å². The van der Waals surface area contributed by atoms with Crippen molar-refractivity contribution >= 4 is 11.7 Å². The van der Waals surface area contributed by atoms with Crippen molar-refractivity contribution in [1.82, 2.24) is 19.8 Å². The molecule has 0 aliphatic carbocycles. The molecular weight excluding hydrogens is 587 g/mol. The number of amides is 2. The zero-order chi connectivity index (χ0) is 32.1. The minimum atomic E-state index is -4.38. The Labute approximate surface area is 266 Å². The molecule has 1 aliphatic heterocycles. The molecule has 0 atom stereocenters. The summed E-state index contributed by atoms with van der Waals surface area (Å²) < 4.78 is 39.0. The van der Waals surface area contributed by atoms with Crippen LogP contribution in [0.5, 0.6) is 0 Å². The second-order valence-electron chi connectivity index (χ2n) is 11.7. The van der Waals surface area contributed by atoms with E-state index in [0.717, 1.165) is 71.8 Å². The van der Waals surface area contributed by atoms with E-state index in [9.17, 15) is 18.0 Å². The number of halogens is 3. The lowest BCUT2D eigenvalue weighted by Gasteiger charge is -2.38. The van der Waals surface area contributed by atoms with Crippen molar-refractivity contribution in [2.24, 2.45) is 0 Å². The van der Waals surface area contributed by atoms with Crippen molar-refractivity contribution in [2.45, 2.75) is 45.1 Å². The predicted octanol–water partition coefficient (Wildman–Crippen LogP) is 8.77. The molecule has 1 aliphatic rings. The fourth-order valence-electron chi connectivity index (χ4n) is 5.97. The van der Waals surface area contributed by atoms with E-state index < -0.39 is 11.7 Å². The zero-order valence-electron chi connectivity index (χ0n) is 25.6. The van der Waals surface area contributed by atoms with Gasteiger partial charge in [0.05, 0.1) is 11.3 Å². The number of hydrogen-bond donors (Lipinski definition) is 2. The van der Waals surface area contributed by atoms with Gasteiger partial charge in [-0.1, -0.05) is 78.9 Å². The number of nitrogens with zero attached hydrogens (tertiary/aromatic N) is 3. The van der Waals surface area contributed by atoms with Gasteiger partial charge in [0.25, 0.3) is 0 Å². The quantitative estimate of drug-likeness (QED) is 0.182. The molecule has 2 heterocycles. The largest absolute Gasteiger partial charge is 0.416 e. The number of piperidine rings is 1. The van der Waals surface area contributed by atoms with E-state index in [4.69, 9.17) is 4.98 Å². The Hall–Kier alpha value is -4.89. The molecule has 0 spiro atoms. The number of aryl methyl sites for hydroxylation is 1. The molecule has 2 amide bonds. The molecular formula is C37H36F3N5O. The van der Waals surface area contributed by atoms with Gasteiger partial charge in [-0.05, 0) is 66.8 Å². The number of urea groups is 1. The molecule has 1 aromatic heterocycles. The summed E-state index contributed by atoms with van der Waals surface area (Å²) in [5.41, 5.74) is 5.75. The van der Waals surface area contributed by atoms with Crippen LogP contribution in [0.4, 0.5) is 23.7 Å². The molecule has 0 bridgehead atoms. The first-order valence-corrected chi connectivity index (χ1v) is 15.5. The summed E-state index contributed by atoms with van der Waals surface area (Å²) in [5.74, 6) is 0.553. The number of imidazole rings is 1. The van der Waals surface area contributed by atoms with Gasteiger partial charge in [0.2, 0.25) is 0 Å². The van der Waals surface area contributed by atoms with Gasteiger partial charge in [-0.3, -0.25) is 4.90 Å². The highest BCUT2D eigenvalue weighted by Gasteiger charge is 2.31. The van der Waals surface area contributed by atoms with Gasteiger partial charge in [0.1, 0.15) is 5.82 Å². The molecule has 5 aromatic rings. The molecule has 9 heteroatoms. The molecule has 6 nitrogen and oxygen atoms in total. The molecule has 46 heavy (non-hydrogen) atoms. The van der Waals surface area contributed by atoms with Crippen LogP contribution in [-0.2, 0) is 19.3 Å². The van der Waals surface area contributed by atoms with Crippen LogP contribution < -0.4 is 5.32 Å². The number of carbonyl (C=O) groups excluding carboxylic acids is 1. The van der Waals surface area contributed by atoms with Crippen LogP contribution in [0.25, 0.3) is 22.5 Å². The first-order valence-electron chi connectivity index (χ1n) is 15.5. The van der Waals surface area contributed by atoms with Crippen LogP contribution in [0.2, 0.25) is 0 Å². The second-order valence-corrected chi connectivity index (χ2v) is 11.7. The summed E-state index contributed by atoms with van der Waals surface area (Å²) in [5, 5.41) is 3.09. The highest BCUT2D eigenvalue weighted by atomic mass is 19.4. The summed E-state index contributed by atoms with van der Waals surface area (Å²) in [7, 11) is 0. The molecule has 1 saturated heterocycles. The average molecular weight is 624 g/mol. The van der Waals surface area contributed by atoms with Gasteiger partial charge in [-0.25, -0.2) is 9.78 Å². The molecule has 236 valence electrons. The van der Waals surface area contributed by atoms with Crippen LogP contribution in [0, 0.1) is 6.92 Å². The number of anilines is 1. The van der Waals surface area contributed by atoms with Crippen molar-refractivity contribution in [3.8, 4) is 22.5 Å². The van der Waals surface area contributed by atoms with Crippen LogP contribution in [0.15, 0.2) is 109 Å². The Morgan fingerprint density at radius 3 is 2.20 bits per heavy atom. The number of nitrogens with one attached hydrogen (secondary N) is 2. The molecule has 0 unspecified atom stereocenters. The first kappa shape index (κ1) is 31.1. The Morgan fingerprint density at radius 2 is 1.52 bits per heavy atom. The number of carbonyl (C=O) groups is 1. The van der Waals surface area contributed by atoms with E-state index in [1.165, 1.54) is 12.1 Å². The van der Waals surface area contributed by atoms with Gasteiger partial charge < -0.3 is 15.2 Å². The van der Waals surface area contributed by atoms with Crippen LogP contribution >= 0.6 is 0 Å². The van der Waals surface area contributed by atoms with Crippen molar-refractivity contribution in [3.63, 3.8) is 0 Å². The maximum atomic E-state index is 13.7. The summed E-state index contributed by atoms with van der Waals surface area (Å²) in [6.07, 6.45) is -2.77. The standard InChI is InChI=1S/C37H36F3N5O/c1-26-34(43-35(41-26)29-15-17-31(18-16-29)37(38,39)40)25-44-21-19-33(20-22-44)45(36(46)42-32-13-6-3-7-14-32)24-27-9-8-12-30(23-27)28-10-4-2-5-11-28/h2-18,23,33H,19-22,24-25H2,1H3,(H,41,43)(H,42,46). The maximum Gasteiger partial charge on any atom is 0.416 e. The maximum absolute atomic E-state index is 13.7. The number of aromatic nitrogens is 2. The third-order valence-electron chi connectivity index (χ3n) is 8.52. The molecule has 6 rings (SSSR count). The summed E-state index contributed by atoms with van der Waals surface area (Å²) in [6.45, 7) is 4.60. The molecule has 0 radical (unpaired) electrons. The lowest BCUT2D eigenvalue weighted by molar-refractivity contribution is -0.137. The van der Waals surface area contributed by atoms with Crippen LogP contribution in [-0.4, -0.2) is 44.9 Å². The number of rotatable bonds is 8. The minimum absolute atomic E-state index is 0.0448. The summed E-state index contributed by atoms with van der Waals surface area (Å²) >= 11 is 0. The Kier molecular flexibility index (Phi) is 9.21. The smallest absolute Gasteiger partial charge is 0.342 e. The minimum Gasteiger partial charge on any atom is -0.342 e. The number of hydrogen-bond acceptors (Lipinski definition) is 3. The Morgan fingerprint density at radius 1 is 0.870 bits per heavy atom. The molecule has 0 saturated carbocycles. The Bertz CT molecular complexity index is 1750. The van der Waals surface area contributed by atoms with Gasteiger partial charge in [0, 0.05) is 49.2 Å². The number of H-pyrrole nitrogens is 1. The van der Waals surface area contributed by atoms with Crippen LogP contribution in [0.1, 0.15) is 35.4 Å². The number of para-hydroxylation sites is 1. The topological polar surface area (TPSA) is 64.3 Å². The highest BCUT2D eigenvalue weighted by Crippen LogP contribution is 2.31. The number of aromatic amines is 1. The SMILES string of the molecule is Cc1[nH]c(-c2ccc(C(F)(F)F)cc2)nc1CN1CCC(N(Cc2cccc(-c3ccccc3)c2)C(=O)Nc2ccccc2)CC1. The molecule has 1 fully saturated rings. The number of benzene rings is 4. The fourth-order valence-corrected chi connectivity index (χ4v) is 5.97. The fraction of sp³-hybridized carbons (Fsp3) is 0.243. The molecule has 2 N–H and O–H groups in total. The first-order chi connectivity index (χ1) is 22.2. The van der Waals surface area contributed by atoms with Crippen LogP contribution in [0.3, 0.4) is 0 Å². The second kappa shape index (κ2) is 13.6. The lowest BCUT2D eigenvalue weighted by Crippen LogP contribution is -2.48. The van der Waals surface area contributed by atoms with E-state index in [1.54, 1.807) is 0 Å². The van der Waals surface area contributed by atoms with Crippen molar-refractivity contribution in [3.05, 3.63) is 132 Å². The zero-order valence-corrected chi connectivity index (χ0v) is 25.6. The van der Waals surface area contributed by atoms with Gasteiger partial charge in [-0.15, -0.1) is 0 Å². The van der Waals surface area contributed by atoms with Crippen molar-refractivity contribution < 1.29 is 18.0 Å². The van der Waals surface area contributed by atoms with Gasteiger partial charge in [0.15, 0.2) is 0 Å². The normalized spacial score (nSPS) is 14.3. The number of likely N-dealkylation sites (tertiary alicyclic amines) is 1. The van der Waals surface area contributed by atoms with Crippen molar-refractivity contribution in [2.75, 3.05) is 18.4 Å². The highest BCUT2D eigenvalue weighted by molar-refractivity contribution is 5.89. The van der Waals surface area contributed by atoms with E-state index in [0.29, 0.717) is 24.5 Å². The third-order valence-corrected chi connectivity index (χ3v) is 8.52. The van der Waals surface area contributed by atoms with E-state index in [2.05, 4.69) is 45.5 Å². The van der Waals surface area contributed by atoms with E-state index in [-0.39, 0.29) is 12.1 Å². The van der Waals surface area contributed by atoms with E-state index in [1.807, 2.05) is 66.4 Å². The Balaban J connectivity index is 1.14. The van der Waals surface area contributed by atoms with Gasteiger partial charge >= 0.3 is 12.2 Å². The van der Waals surface area contributed by atoms with Crippen molar-refractivity contribution in [1.29, 1.82) is 0 Å². The number of alkyl halides is 3. The third kappa shape index (κ3) is 7.49. The van der Waals surface area contributed by atoms with E-state index >= 15 is 0 Å². The lowest BCUT2D eigenvalue weighted by atomic mass is 10.00. The summed E-state index contributed by atoms with van der Waals surface area (Å²) in [4.78, 5) is 26.0. The predicted molar refractivity (Wildman–Crippen MR) is 175 cm³/mol. The monoisotopic (exact) mass is 623 g/mol. The summed E-state index contributed by atoms with van der Waals surface area (Å²) in [6, 6.07) is 33.0.